The van der Waals surface area contributed by atoms with E-state index in [9.17, 15) is 14.4 Å². The molecule has 1 aliphatic rings. The molecule has 1 atom stereocenters. The third-order valence-electron chi connectivity index (χ3n) is 2.81. The molecule has 1 saturated carbocycles. The van der Waals surface area contributed by atoms with Gasteiger partial charge in [-0.05, 0) is 24.8 Å². The van der Waals surface area contributed by atoms with E-state index in [-0.39, 0.29) is 24.1 Å². The van der Waals surface area contributed by atoms with Crippen LogP contribution in [0, 0.1) is 5.92 Å². The first-order valence-corrected chi connectivity index (χ1v) is 5.64. The van der Waals surface area contributed by atoms with Crippen molar-refractivity contribution in [3.8, 4) is 0 Å². The molecule has 1 aromatic rings. The number of nitrogens with zero attached hydrogens (tertiary/aromatic N) is 1. The number of carbonyl (C=O) groups is 2. The third kappa shape index (κ3) is 3.16. The standard InChI is InChI=1S/C11H13N3O4/c15-9-4-3-7(13-14-9)11(18)12-8(5-10(16)17)6-1-2-6/h3-4,6,8H,1-2,5H2,(H,12,18)(H,14,15)(H,16,17). The molecule has 2 rings (SSSR count). The molecule has 18 heavy (non-hydrogen) atoms. The zero-order valence-corrected chi connectivity index (χ0v) is 9.55. The molecule has 0 spiro atoms. The second-order valence-electron chi connectivity index (χ2n) is 4.32. The van der Waals surface area contributed by atoms with Gasteiger partial charge in [0.2, 0.25) is 0 Å². The maximum absolute atomic E-state index is 11.8. The molecule has 0 saturated heterocycles. The number of aromatic amines is 1. The Labute approximate surface area is 102 Å². The van der Waals surface area contributed by atoms with Gasteiger partial charge < -0.3 is 10.4 Å². The van der Waals surface area contributed by atoms with Crippen LogP contribution in [0.4, 0.5) is 0 Å². The van der Waals surface area contributed by atoms with Crippen molar-refractivity contribution in [2.45, 2.75) is 25.3 Å². The van der Waals surface area contributed by atoms with Gasteiger partial charge in [0.05, 0.1) is 6.42 Å². The Bertz CT molecular complexity index is 501. The highest BCUT2D eigenvalue weighted by molar-refractivity contribution is 5.92. The van der Waals surface area contributed by atoms with Gasteiger partial charge in [-0.1, -0.05) is 0 Å². The highest BCUT2D eigenvalue weighted by atomic mass is 16.4. The van der Waals surface area contributed by atoms with Crippen LogP contribution in [0.1, 0.15) is 29.8 Å². The Kier molecular flexibility index (Phi) is 3.40. The summed E-state index contributed by atoms with van der Waals surface area (Å²) in [6.07, 6.45) is 1.76. The summed E-state index contributed by atoms with van der Waals surface area (Å²) in [7, 11) is 0. The maximum Gasteiger partial charge on any atom is 0.305 e. The highest BCUT2D eigenvalue weighted by Gasteiger charge is 2.34. The van der Waals surface area contributed by atoms with Gasteiger partial charge in [-0.3, -0.25) is 14.4 Å². The van der Waals surface area contributed by atoms with Crippen LogP contribution in [-0.4, -0.2) is 33.2 Å². The first-order valence-electron chi connectivity index (χ1n) is 5.64. The number of carbonyl (C=O) groups excluding carboxylic acids is 1. The van der Waals surface area contributed by atoms with Crippen molar-refractivity contribution in [1.29, 1.82) is 0 Å². The summed E-state index contributed by atoms with van der Waals surface area (Å²) >= 11 is 0. The molecule has 1 aliphatic carbocycles. The lowest BCUT2D eigenvalue weighted by molar-refractivity contribution is -0.137. The van der Waals surface area contributed by atoms with Gasteiger partial charge in [-0.25, -0.2) is 5.10 Å². The zero-order valence-electron chi connectivity index (χ0n) is 9.55. The lowest BCUT2D eigenvalue weighted by Crippen LogP contribution is -2.38. The van der Waals surface area contributed by atoms with E-state index >= 15 is 0 Å². The molecule has 0 aromatic carbocycles. The fraction of sp³-hybridized carbons (Fsp3) is 0.455. The molecule has 0 bridgehead atoms. The predicted octanol–water partition coefficient (Wildman–Crippen LogP) is -0.247. The van der Waals surface area contributed by atoms with Crippen LogP contribution < -0.4 is 10.9 Å². The largest absolute Gasteiger partial charge is 0.481 e. The second kappa shape index (κ2) is 4.99. The van der Waals surface area contributed by atoms with Crippen molar-refractivity contribution in [2.24, 2.45) is 5.92 Å². The minimum atomic E-state index is -0.943. The van der Waals surface area contributed by atoms with Gasteiger partial charge in [0.1, 0.15) is 5.69 Å². The summed E-state index contributed by atoms with van der Waals surface area (Å²) < 4.78 is 0. The molecule has 0 radical (unpaired) electrons. The predicted molar refractivity (Wildman–Crippen MR) is 61.1 cm³/mol. The molecular weight excluding hydrogens is 238 g/mol. The van der Waals surface area contributed by atoms with Gasteiger partial charge in [0.15, 0.2) is 0 Å². The summed E-state index contributed by atoms with van der Waals surface area (Å²) in [4.78, 5) is 33.3. The third-order valence-corrected chi connectivity index (χ3v) is 2.81. The fourth-order valence-corrected chi connectivity index (χ4v) is 1.74. The Balaban J connectivity index is 2.02. The number of rotatable bonds is 5. The normalized spacial score (nSPS) is 16.0. The average Bonchev–Trinajstić information content (AvgIpc) is 3.12. The van der Waals surface area contributed by atoms with Crippen LogP contribution >= 0.6 is 0 Å². The van der Waals surface area contributed by atoms with E-state index in [1.54, 1.807) is 0 Å². The smallest absolute Gasteiger partial charge is 0.305 e. The Hall–Kier alpha value is -2.18. The Morgan fingerprint density at radius 3 is 2.72 bits per heavy atom. The van der Waals surface area contributed by atoms with E-state index in [1.807, 2.05) is 0 Å². The molecule has 7 nitrogen and oxygen atoms in total. The number of amides is 1. The summed E-state index contributed by atoms with van der Waals surface area (Å²) in [5.41, 5.74) is -0.318. The summed E-state index contributed by atoms with van der Waals surface area (Å²) in [5, 5.41) is 17.2. The first-order chi connectivity index (χ1) is 8.56. The molecule has 1 fully saturated rings. The molecular formula is C11H13N3O4. The lowest BCUT2D eigenvalue weighted by atomic mass is 10.1. The van der Waals surface area contributed by atoms with Crippen molar-refractivity contribution in [1.82, 2.24) is 15.5 Å². The number of carboxylic acid groups (broad SMARTS) is 1. The topological polar surface area (TPSA) is 112 Å². The van der Waals surface area contributed by atoms with Crippen LogP contribution in [0.5, 0.6) is 0 Å². The van der Waals surface area contributed by atoms with E-state index in [0.29, 0.717) is 0 Å². The maximum atomic E-state index is 11.8. The monoisotopic (exact) mass is 251 g/mol. The quantitative estimate of drug-likeness (QED) is 0.668. The van der Waals surface area contributed by atoms with Crippen LogP contribution in [0.3, 0.4) is 0 Å². The van der Waals surface area contributed by atoms with Crippen molar-refractivity contribution in [3.63, 3.8) is 0 Å². The summed E-state index contributed by atoms with van der Waals surface area (Å²) in [5.74, 6) is -1.18. The number of nitrogens with one attached hydrogen (secondary N) is 2. The first kappa shape index (κ1) is 12.3. The van der Waals surface area contributed by atoms with Crippen molar-refractivity contribution in [3.05, 3.63) is 28.2 Å². The Morgan fingerprint density at radius 1 is 1.50 bits per heavy atom. The van der Waals surface area contributed by atoms with Crippen molar-refractivity contribution < 1.29 is 14.7 Å². The van der Waals surface area contributed by atoms with E-state index in [1.165, 1.54) is 12.1 Å². The van der Waals surface area contributed by atoms with E-state index < -0.39 is 17.4 Å². The molecule has 96 valence electrons. The van der Waals surface area contributed by atoms with Crippen LogP contribution in [0.15, 0.2) is 16.9 Å². The Morgan fingerprint density at radius 2 is 2.22 bits per heavy atom. The van der Waals surface area contributed by atoms with E-state index in [4.69, 9.17) is 5.11 Å². The van der Waals surface area contributed by atoms with Crippen LogP contribution in [-0.2, 0) is 4.79 Å². The molecule has 3 N–H and O–H groups in total. The number of hydrogen-bond acceptors (Lipinski definition) is 4. The van der Waals surface area contributed by atoms with Gasteiger partial charge in [-0.2, -0.15) is 5.10 Å². The van der Waals surface area contributed by atoms with Gasteiger partial charge in [0.25, 0.3) is 11.5 Å². The summed E-state index contributed by atoms with van der Waals surface area (Å²) in [6.45, 7) is 0. The number of aliphatic carboxylic acids is 1. The summed E-state index contributed by atoms with van der Waals surface area (Å²) in [6, 6.07) is 2.13. The minimum absolute atomic E-state index is 0.0747. The second-order valence-corrected chi connectivity index (χ2v) is 4.32. The number of hydrogen-bond donors (Lipinski definition) is 3. The van der Waals surface area contributed by atoms with Gasteiger partial charge in [0, 0.05) is 12.1 Å². The number of H-pyrrole nitrogens is 1. The van der Waals surface area contributed by atoms with Crippen molar-refractivity contribution >= 4 is 11.9 Å². The molecule has 1 aromatic heterocycles. The minimum Gasteiger partial charge on any atom is -0.481 e. The SMILES string of the molecule is O=C(O)CC(NC(=O)c1ccc(=O)[nH]n1)C1CC1. The average molecular weight is 251 g/mol. The zero-order chi connectivity index (χ0) is 13.1. The molecule has 1 heterocycles. The lowest BCUT2D eigenvalue weighted by Gasteiger charge is -2.15. The number of aromatic nitrogens is 2. The molecule has 7 heteroatoms. The van der Waals surface area contributed by atoms with Gasteiger partial charge >= 0.3 is 5.97 Å². The highest BCUT2D eigenvalue weighted by Crippen LogP contribution is 2.34. The van der Waals surface area contributed by atoms with Crippen LogP contribution in [0.2, 0.25) is 0 Å². The molecule has 1 unspecified atom stereocenters. The van der Waals surface area contributed by atoms with Gasteiger partial charge in [-0.15, -0.1) is 0 Å². The molecule has 1 amide bonds. The number of carboxylic acids is 1. The van der Waals surface area contributed by atoms with E-state index in [0.717, 1.165) is 12.8 Å². The molecule has 0 aliphatic heterocycles. The fourth-order valence-electron chi connectivity index (χ4n) is 1.74. The van der Waals surface area contributed by atoms with E-state index in [2.05, 4.69) is 15.5 Å². The van der Waals surface area contributed by atoms with Crippen molar-refractivity contribution in [2.75, 3.05) is 0 Å². The van der Waals surface area contributed by atoms with Crippen LogP contribution in [0.25, 0.3) is 0 Å².